The molecule has 2 aromatic heterocycles. The SMILES string of the molecule is N#Cc1ccccc1Cn1c(N2CCC[C@@H](N)C2)nc2c(Cl)c(Cl)sc2c1=O. The molecule has 4 rings (SSSR count). The van der Waals surface area contributed by atoms with Crippen LogP contribution in [0.4, 0.5) is 5.95 Å². The van der Waals surface area contributed by atoms with Gasteiger partial charge in [-0.1, -0.05) is 41.4 Å². The molecule has 2 N–H and O–H groups in total. The number of nitrogens with zero attached hydrogens (tertiary/aromatic N) is 4. The minimum Gasteiger partial charge on any atom is -0.341 e. The van der Waals surface area contributed by atoms with Crippen LogP contribution in [0.15, 0.2) is 29.1 Å². The maximum Gasteiger partial charge on any atom is 0.273 e. The fourth-order valence-corrected chi connectivity index (χ4v) is 4.94. The van der Waals surface area contributed by atoms with Crippen LogP contribution in [-0.4, -0.2) is 28.7 Å². The number of nitriles is 1. The molecule has 0 radical (unpaired) electrons. The third kappa shape index (κ3) is 3.38. The Hall–Kier alpha value is -2.11. The van der Waals surface area contributed by atoms with Gasteiger partial charge in [0.1, 0.15) is 14.6 Å². The highest BCUT2D eigenvalue weighted by molar-refractivity contribution is 7.23. The molecule has 1 saturated heterocycles. The largest absolute Gasteiger partial charge is 0.341 e. The predicted octanol–water partition coefficient (Wildman–Crippen LogP) is 3.61. The lowest BCUT2D eigenvalue weighted by atomic mass is 10.1. The number of anilines is 1. The van der Waals surface area contributed by atoms with E-state index < -0.39 is 0 Å². The summed E-state index contributed by atoms with van der Waals surface area (Å²) in [5, 5.41) is 9.71. The molecule has 0 bridgehead atoms. The van der Waals surface area contributed by atoms with Gasteiger partial charge in [0.25, 0.3) is 5.56 Å². The van der Waals surface area contributed by atoms with Crippen LogP contribution < -0.4 is 16.2 Å². The second kappa shape index (κ2) is 7.72. The van der Waals surface area contributed by atoms with Crippen molar-refractivity contribution >= 4 is 50.7 Å². The summed E-state index contributed by atoms with van der Waals surface area (Å²) in [6.45, 7) is 1.59. The number of thiophene rings is 1. The Morgan fingerprint density at radius 3 is 2.89 bits per heavy atom. The van der Waals surface area contributed by atoms with Crippen LogP contribution in [0.2, 0.25) is 9.36 Å². The first-order chi connectivity index (χ1) is 13.5. The molecule has 1 aliphatic rings. The van der Waals surface area contributed by atoms with Gasteiger partial charge >= 0.3 is 0 Å². The Balaban J connectivity index is 1.92. The van der Waals surface area contributed by atoms with Gasteiger partial charge in [-0.3, -0.25) is 9.36 Å². The summed E-state index contributed by atoms with van der Waals surface area (Å²) >= 11 is 13.6. The first-order valence-electron chi connectivity index (χ1n) is 8.86. The van der Waals surface area contributed by atoms with Crippen molar-refractivity contribution < 1.29 is 0 Å². The van der Waals surface area contributed by atoms with Crippen molar-refractivity contribution in [1.29, 1.82) is 5.26 Å². The maximum atomic E-state index is 13.3. The van der Waals surface area contributed by atoms with Crippen LogP contribution in [0.3, 0.4) is 0 Å². The van der Waals surface area contributed by atoms with Crippen LogP contribution in [-0.2, 0) is 6.54 Å². The highest BCUT2D eigenvalue weighted by Gasteiger charge is 2.25. The molecular weight excluding hydrogens is 417 g/mol. The van der Waals surface area contributed by atoms with E-state index in [9.17, 15) is 10.1 Å². The summed E-state index contributed by atoms with van der Waals surface area (Å²) in [5.74, 6) is 0.511. The number of benzene rings is 1. The molecule has 1 aromatic carbocycles. The third-order valence-corrected chi connectivity index (χ3v) is 6.84. The van der Waals surface area contributed by atoms with Crippen molar-refractivity contribution in [2.45, 2.75) is 25.4 Å². The average molecular weight is 434 g/mol. The molecule has 3 heterocycles. The lowest BCUT2D eigenvalue weighted by Gasteiger charge is -2.33. The number of nitrogens with two attached hydrogens (primary N) is 1. The monoisotopic (exact) mass is 433 g/mol. The second-order valence-electron chi connectivity index (χ2n) is 6.79. The number of fused-ring (bicyclic) bond motifs is 1. The van der Waals surface area contributed by atoms with E-state index in [4.69, 9.17) is 33.9 Å². The standard InChI is InChI=1S/C19H17Cl2N5OS/c20-14-15-16(28-17(14)21)18(27)26(9-12-5-2-1-4-11(12)8-22)19(24-15)25-7-3-6-13(23)10-25/h1-2,4-5,13H,3,6-7,9-10,23H2/t13-/m1/s1. The molecule has 144 valence electrons. The number of hydrogen-bond acceptors (Lipinski definition) is 6. The van der Waals surface area contributed by atoms with Crippen LogP contribution in [0.25, 0.3) is 10.2 Å². The van der Waals surface area contributed by atoms with Gasteiger partial charge in [-0.25, -0.2) is 4.98 Å². The van der Waals surface area contributed by atoms with Gasteiger partial charge in [-0.2, -0.15) is 5.26 Å². The first kappa shape index (κ1) is 19.2. The minimum atomic E-state index is -0.217. The molecule has 0 aliphatic carbocycles. The highest BCUT2D eigenvalue weighted by atomic mass is 35.5. The molecule has 1 atom stereocenters. The lowest BCUT2D eigenvalue weighted by Crippen LogP contribution is -2.45. The zero-order valence-electron chi connectivity index (χ0n) is 14.9. The van der Waals surface area contributed by atoms with Gasteiger partial charge in [-0.15, -0.1) is 11.3 Å². The second-order valence-corrected chi connectivity index (χ2v) is 8.79. The molecule has 0 unspecified atom stereocenters. The fourth-order valence-electron chi connectivity index (χ4n) is 3.51. The van der Waals surface area contributed by atoms with Crippen molar-refractivity contribution in [3.63, 3.8) is 0 Å². The van der Waals surface area contributed by atoms with Gasteiger partial charge in [0.05, 0.1) is 23.2 Å². The Labute approximate surface area is 175 Å². The quantitative estimate of drug-likeness (QED) is 0.681. The molecule has 1 aliphatic heterocycles. The van der Waals surface area contributed by atoms with E-state index in [-0.39, 0.29) is 18.1 Å². The van der Waals surface area contributed by atoms with E-state index in [0.717, 1.165) is 36.3 Å². The van der Waals surface area contributed by atoms with E-state index in [2.05, 4.69) is 6.07 Å². The smallest absolute Gasteiger partial charge is 0.273 e. The zero-order valence-corrected chi connectivity index (χ0v) is 17.2. The van der Waals surface area contributed by atoms with Crippen molar-refractivity contribution in [2.75, 3.05) is 18.0 Å². The van der Waals surface area contributed by atoms with Crippen LogP contribution >= 0.6 is 34.5 Å². The first-order valence-corrected chi connectivity index (χ1v) is 10.4. The molecule has 9 heteroatoms. The average Bonchev–Trinajstić information content (AvgIpc) is 2.99. The molecule has 3 aromatic rings. The molecule has 28 heavy (non-hydrogen) atoms. The normalized spacial score (nSPS) is 17.1. The highest BCUT2D eigenvalue weighted by Crippen LogP contribution is 2.37. The summed E-state index contributed by atoms with van der Waals surface area (Å²) in [5.41, 5.74) is 7.63. The molecule has 6 nitrogen and oxygen atoms in total. The van der Waals surface area contributed by atoms with Gasteiger partial charge in [0.2, 0.25) is 5.95 Å². The summed E-state index contributed by atoms with van der Waals surface area (Å²) < 4.78 is 2.35. The minimum absolute atomic E-state index is 0.0164. The number of rotatable bonds is 3. The van der Waals surface area contributed by atoms with Crippen LogP contribution in [0.1, 0.15) is 24.0 Å². The number of halogens is 2. The number of aromatic nitrogens is 2. The predicted molar refractivity (Wildman–Crippen MR) is 114 cm³/mol. The third-order valence-electron chi connectivity index (χ3n) is 4.89. The molecule has 0 saturated carbocycles. The summed E-state index contributed by atoms with van der Waals surface area (Å²) in [6, 6.07) is 9.43. The summed E-state index contributed by atoms with van der Waals surface area (Å²) in [4.78, 5) is 20.0. The van der Waals surface area contributed by atoms with E-state index in [1.165, 1.54) is 0 Å². The van der Waals surface area contributed by atoms with Crippen molar-refractivity contribution in [3.05, 3.63) is 55.1 Å². The number of hydrogen-bond donors (Lipinski definition) is 1. The van der Waals surface area contributed by atoms with E-state index >= 15 is 0 Å². The zero-order chi connectivity index (χ0) is 19.8. The van der Waals surface area contributed by atoms with Gasteiger partial charge in [0.15, 0.2) is 0 Å². The van der Waals surface area contributed by atoms with E-state index in [1.54, 1.807) is 16.7 Å². The molecule has 1 fully saturated rings. The van der Waals surface area contributed by atoms with Gasteiger partial charge in [0, 0.05) is 19.1 Å². The Bertz CT molecular complexity index is 1150. The van der Waals surface area contributed by atoms with Crippen molar-refractivity contribution in [1.82, 2.24) is 9.55 Å². The Kier molecular flexibility index (Phi) is 5.30. The number of piperidine rings is 1. The molecule has 0 amide bonds. The lowest BCUT2D eigenvalue weighted by molar-refractivity contribution is 0.492. The molecule has 0 spiro atoms. The van der Waals surface area contributed by atoms with Gasteiger partial charge in [-0.05, 0) is 24.5 Å². The molecular formula is C19H17Cl2N5OS. The van der Waals surface area contributed by atoms with Crippen LogP contribution in [0, 0.1) is 11.3 Å². The van der Waals surface area contributed by atoms with E-state index in [0.29, 0.717) is 37.6 Å². The van der Waals surface area contributed by atoms with Gasteiger partial charge < -0.3 is 10.6 Å². The van der Waals surface area contributed by atoms with E-state index in [1.807, 2.05) is 17.0 Å². The summed E-state index contributed by atoms with van der Waals surface area (Å²) in [6.07, 6.45) is 1.85. The maximum absolute atomic E-state index is 13.3. The van der Waals surface area contributed by atoms with Crippen molar-refractivity contribution in [2.24, 2.45) is 5.73 Å². The Morgan fingerprint density at radius 1 is 1.36 bits per heavy atom. The summed E-state index contributed by atoms with van der Waals surface area (Å²) in [7, 11) is 0. The fraction of sp³-hybridized carbons (Fsp3) is 0.316. The van der Waals surface area contributed by atoms with Crippen molar-refractivity contribution in [3.8, 4) is 6.07 Å². The Morgan fingerprint density at radius 2 is 2.14 bits per heavy atom. The van der Waals surface area contributed by atoms with Crippen LogP contribution in [0.5, 0.6) is 0 Å². The topological polar surface area (TPSA) is 87.9 Å².